The summed E-state index contributed by atoms with van der Waals surface area (Å²) in [6, 6.07) is 3.86. The Kier molecular flexibility index (Phi) is 7.90. The maximum absolute atomic E-state index is 13.5. The van der Waals surface area contributed by atoms with Crippen LogP contribution in [0.25, 0.3) is 0 Å². The lowest BCUT2D eigenvalue weighted by molar-refractivity contribution is -0.200. The first-order chi connectivity index (χ1) is 17.3. The summed E-state index contributed by atoms with van der Waals surface area (Å²) in [7, 11) is 2.10. The van der Waals surface area contributed by atoms with E-state index in [0.717, 1.165) is 50.9 Å². The van der Waals surface area contributed by atoms with Crippen LogP contribution in [0.4, 0.5) is 36.8 Å². The highest BCUT2D eigenvalue weighted by Crippen LogP contribution is 2.42. The second-order valence-electron chi connectivity index (χ2n) is 10.6. The van der Waals surface area contributed by atoms with Crippen LogP contribution in [0.1, 0.15) is 37.3 Å². The molecule has 4 rings (SSSR count). The van der Waals surface area contributed by atoms with E-state index < -0.39 is 30.1 Å². The topological polar surface area (TPSA) is 39.3 Å². The molecule has 1 atom stereocenters. The summed E-state index contributed by atoms with van der Waals surface area (Å²) >= 11 is 0. The average Bonchev–Trinajstić information content (AvgIpc) is 3.18. The highest BCUT2D eigenvalue weighted by atomic mass is 19.4. The predicted molar refractivity (Wildman–Crippen MR) is 126 cm³/mol. The molecule has 1 aromatic carbocycles. The maximum Gasteiger partial charge on any atom is 0.425 e. The van der Waals surface area contributed by atoms with E-state index in [1.165, 1.54) is 17.0 Å². The van der Waals surface area contributed by atoms with Gasteiger partial charge in [-0.15, -0.1) is 0 Å². The number of hydrogen-bond donors (Lipinski definition) is 0. The lowest BCUT2D eigenvalue weighted by atomic mass is 9.77. The van der Waals surface area contributed by atoms with Gasteiger partial charge in [0.05, 0.1) is 5.56 Å². The summed E-state index contributed by atoms with van der Waals surface area (Å²) in [6.07, 6.45) is -9.30. The number of ether oxygens (including phenoxy) is 1. The number of halogens is 6. The Morgan fingerprint density at radius 2 is 1.59 bits per heavy atom. The monoisotopic (exact) mass is 536 g/mol. The lowest BCUT2D eigenvalue weighted by Gasteiger charge is -2.41. The fourth-order valence-electron chi connectivity index (χ4n) is 5.58. The Balaban J connectivity index is 1.41. The largest absolute Gasteiger partial charge is 0.437 e. The van der Waals surface area contributed by atoms with Crippen LogP contribution in [-0.2, 0) is 17.5 Å². The van der Waals surface area contributed by atoms with Crippen LogP contribution in [0.5, 0.6) is 0 Å². The number of piperazine rings is 1. The molecule has 6 nitrogen and oxygen atoms in total. The number of benzene rings is 1. The van der Waals surface area contributed by atoms with Gasteiger partial charge in [0.1, 0.15) is 0 Å². The van der Waals surface area contributed by atoms with Crippen LogP contribution < -0.4 is 4.90 Å². The smallest absolute Gasteiger partial charge is 0.425 e. The van der Waals surface area contributed by atoms with Gasteiger partial charge in [-0.2, -0.15) is 26.3 Å². The number of rotatable bonds is 4. The summed E-state index contributed by atoms with van der Waals surface area (Å²) in [5, 5.41) is 0. The van der Waals surface area contributed by atoms with E-state index in [-0.39, 0.29) is 18.5 Å². The minimum absolute atomic E-state index is 0.180. The first kappa shape index (κ1) is 27.8. The third-order valence-corrected chi connectivity index (χ3v) is 7.97. The van der Waals surface area contributed by atoms with Gasteiger partial charge < -0.3 is 19.4 Å². The maximum atomic E-state index is 13.5. The highest BCUT2D eigenvalue weighted by Gasteiger charge is 2.41. The highest BCUT2D eigenvalue weighted by molar-refractivity contribution is 5.68. The molecule has 1 aromatic rings. The van der Waals surface area contributed by atoms with E-state index in [1.54, 1.807) is 0 Å². The summed E-state index contributed by atoms with van der Waals surface area (Å²) < 4.78 is 83.2. The number of hydrogen-bond acceptors (Lipinski definition) is 5. The minimum atomic E-state index is -4.63. The Morgan fingerprint density at radius 1 is 0.973 bits per heavy atom. The third kappa shape index (κ3) is 6.63. The first-order valence-electron chi connectivity index (χ1n) is 12.6. The molecule has 208 valence electrons. The fraction of sp³-hybridized carbons (Fsp3) is 0.720. The number of nitrogens with zero attached hydrogens (tertiary/aromatic N) is 4. The van der Waals surface area contributed by atoms with E-state index >= 15 is 0 Å². The number of carbonyl (C=O) groups excluding carboxylic acids is 1. The molecule has 3 fully saturated rings. The Hall–Kier alpha value is -2.21. The number of anilines is 1. The van der Waals surface area contributed by atoms with Gasteiger partial charge in [-0.3, -0.25) is 4.90 Å². The van der Waals surface area contributed by atoms with Crippen molar-refractivity contribution in [1.29, 1.82) is 0 Å². The van der Waals surface area contributed by atoms with E-state index in [1.807, 2.05) is 4.90 Å². The molecule has 3 aliphatic rings. The number of piperidine rings is 1. The van der Waals surface area contributed by atoms with Gasteiger partial charge >= 0.3 is 18.4 Å². The molecule has 0 saturated carbocycles. The van der Waals surface area contributed by atoms with Gasteiger partial charge in [0.25, 0.3) is 0 Å². The van der Waals surface area contributed by atoms with Crippen molar-refractivity contribution in [3.8, 4) is 0 Å². The second kappa shape index (κ2) is 10.5. The van der Waals surface area contributed by atoms with E-state index in [9.17, 15) is 31.1 Å². The predicted octanol–water partition coefficient (Wildman–Crippen LogP) is 4.83. The molecule has 0 aromatic heterocycles. The normalized spacial score (nSPS) is 22.5. The minimum Gasteiger partial charge on any atom is -0.437 e. The molecule has 0 N–H and O–H groups in total. The van der Waals surface area contributed by atoms with Crippen molar-refractivity contribution in [3.05, 3.63) is 29.3 Å². The Bertz CT molecular complexity index is 953. The van der Waals surface area contributed by atoms with Gasteiger partial charge in [-0.05, 0) is 62.9 Å². The molecule has 0 bridgehead atoms. The second-order valence-corrected chi connectivity index (χ2v) is 10.6. The van der Waals surface area contributed by atoms with Gasteiger partial charge in [0, 0.05) is 58.0 Å². The van der Waals surface area contributed by atoms with Crippen molar-refractivity contribution in [2.75, 3.05) is 64.3 Å². The van der Waals surface area contributed by atoms with E-state index in [0.29, 0.717) is 38.4 Å². The van der Waals surface area contributed by atoms with Crippen LogP contribution in [0.15, 0.2) is 18.2 Å². The molecule has 0 radical (unpaired) electrons. The summed E-state index contributed by atoms with van der Waals surface area (Å²) in [4.78, 5) is 19.7. The zero-order valence-electron chi connectivity index (χ0n) is 21.2. The Labute approximate surface area is 213 Å². The van der Waals surface area contributed by atoms with Gasteiger partial charge in [0.2, 0.25) is 0 Å². The van der Waals surface area contributed by atoms with E-state index in [2.05, 4.69) is 21.6 Å². The zero-order valence-corrected chi connectivity index (χ0v) is 21.2. The van der Waals surface area contributed by atoms with Crippen molar-refractivity contribution >= 4 is 11.8 Å². The molecule has 37 heavy (non-hydrogen) atoms. The van der Waals surface area contributed by atoms with Crippen molar-refractivity contribution in [2.45, 2.75) is 51.2 Å². The van der Waals surface area contributed by atoms with Crippen molar-refractivity contribution in [2.24, 2.45) is 5.41 Å². The van der Waals surface area contributed by atoms with Crippen LogP contribution in [-0.4, -0.2) is 92.5 Å². The lowest BCUT2D eigenvalue weighted by Crippen LogP contribution is -2.49. The molecule has 12 heteroatoms. The summed E-state index contributed by atoms with van der Waals surface area (Å²) in [5.41, 5.74) is 0.909. The van der Waals surface area contributed by atoms with Gasteiger partial charge in [-0.25, -0.2) is 4.79 Å². The standard InChI is InChI=1S/C25H34F6N4O2/c1-18(24(26,27)28)37-22(36)35-13-11-33(12-14-35)16-19-3-4-20(25(29,30)31)15-21(19)34-9-6-23(7-10-34)5-8-32(2)17-23/h3-4,15,18H,5-14,16-17H2,1-2H3. The molecule has 3 aliphatic heterocycles. The molecule has 0 aliphatic carbocycles. The third-order valence-electron chi connectivity index (χ3n) is 7.97. The van der Waals surface area contributed by atoms with Gasteiger partial charge in [0.15, 0.2) is 6.10 Å². The zero-order chi connectivity index (χ0) is 27.0. The molecular formula is C25H34F6N4O2. The van der Waals surface area contributed by atoms with Crippen LogP contribution in [0.2, 0.25) is 0 Å². The van der Waals surface area contributed by atoms with E-state index in [4.69, 9.17) is 0 Å². The van der Waals surface area contributed by atoms with Crippen molar-refractivity contribution in [1.82, 2.24) is 14.7 Å². The molecule has 1 spiro atoms. The summed E-state index contributed by atoms with van der Waals surface area (Å²) in [5.74, 6) is 0. The van der Waals surface area contributed by atoms with Crippen LogP contribution in [0.3, 0.4) is 0 Å². The van der Waals surface area contributed by atoms with Crippen molar-refractivity contribution < 1.29 is 35.9 Å². The average molecular weight is 537 g/mol. The molecule has 1 unspecified atom stereocenters. The number of amides is 1. The first-order valence-corrected chi connectivity index (χ1v) is 12.6. The molecule has 3 heterocycles. The molecule has 3 saturated heterocycles. The number of alkyl halides is 6. The summed E-state index contributed by atoms with van der Waals surface area (Å²) in [6.45, 7) is 5.75. The quantitative estimate of drug-likeness (QED) is 0.516. The van der Waals surface area contributed by atoms with Crippen LogP contribution in [0, 0.1) is 5.41 Å². The molecular weight excluding hydrogens is 502 g/mol. The Morgan fingerprint density at radius 3 is 2.14 bits per heavy atom. The number of likely N-dealkylation sites (tertiary alicyclic amines) is 1. The van der Waals surface area contributed by atoms with Crippen molar-refractivity contribution in [3.63, 3.8) is 0 Å². The fourth-order valence-corrected chi connectivity index (χ4v) is 5.58. The molecule has 1 amide bonds. The SMILES string of the molecule is CC(OC(=O)N1CCN(Cc2ccc(C(F)(F)F)cc2N2CCC3(CCN(C)C3)CC2)CC1)C(F)(F)F. The van der Waals surface area contributed by atoms with Crippen LogP contribution >= 0.6 is 0 Å². The number of carbonyl (C=O) groups is 1. The van der Waals surface area contributed by atoms with Gasteiger partial charge in [-0.1, -0.05) is 6.07 Å².